The van der Waals surface area contributed by atoms with E-state index in [0.29, 0.717) is 12.5 Å². The molecular weight excluding hydrogens is 290 g/mol. The normalized spacial score (nSPS) is 16.1. The van der Waals surface area contributed by atoms with E-state index in [0.717, 1.165) is 16.6 Å². The first-order valence-corrected chi connectivity index (χ1v) is 7.84. The van der Waals surface area contributed by atoms with Gasteiger partial charge in [-0.25, -0.2) is 0 Å². The number of nitrogens with one attached hydrogen (secondary N) is 2. The van der Waals surface area contributed by atoms with Crippen molar-refractivity contribution in [2.24, 2.45) is 5.41 Å². The minimum atomic E-state index is -1.01. The van der Waals surface area contributed by atoms with Crippen molar-refractivity contribution in [1.29, 1.82) is 5.26 Å². The number of rotatable bonds is 4. The first-order valence-electron chi connectivity index (χ1n) is 7.84. The van der Waals surface area contributed by atoms with Gasteiger partial charge in [-0.15, -0.1) is 0 Å². The predicted octanol–water partition coefficient (Wildman–Crippen LogP) is 2.76. The summed E-state index contributed by atoms with van der Waals surface area (Å²) in [6.45, 7) is 7.22. The van der Waals surface area contributed by atoms with Crippen LogP contribution in [0.4, 0.5) is 0 Å². The number of nitrogens with zero attached hydrogens (tertiary/aromatic N) is 1. The molecule has 0 aliphatic carbocycles. The summed E-state index contributed by atoms with van der Waals surface area (Å²) < 4.78 is 5.01. The summed E-state index contributed by atoms with van der Waals surface area (Å²) in [5.41, 5.74) is 3.60. The van der Waals surface area contributed by atoms with E-state index in [9.17, 15) is 4.79 Å². The zero-order valence-electron chi connectivity index (χ0n) is 13.7. The van der Waals surface area contributed by atoms with E-state index < -0.39 is 5.41 Å². The Hall–Kier alpha value is -2.32. The van der Waals surface area contributed by atoms with Crippen LogP contribution in [0.15, 0.2) is 18.2 Å². The summed E-state index contributed by atoms with van der Waals surface area (Å²) >= 11 is 0. The van der Waals surface area contributed by atoms with Gasteiger partial charge < -0.3 is 15.0 Å². The number of hydrogen-bond donors (Lipinski definition) is 2. The fourth-order valence-electron chi connectivity index (χ4n) is 2.99. The molecule has 1 fully saturated rings. The van der Waals surface area contributed by atoms with Crippen molar-refractivity contribution in [1.82, 2.24) is 10.3 Å². The van der Waals surface area contributed by atoms with Crippen molar-refractivity contribution in [2.75, 3.05) is 13.2 Å². The lowest BCUT2D eigenvalue weighted by atomic mass is 9.87. The molecule has 1 amide bonds. The average Bonchev–Trinajstić information content (AvgIpc) is 2.85. The lowest BCUT2D eigenvalue weighted by molar-refractivity contribution is -0.150. The van der Waals surface area contributed by atoms with Crippen LogP contribution in [0.3, 0.4) is 0 Å². The molecule has 2 aromatic rings. The molecule has 1 aromatic heterocycles. The van der Waals surface area contributed by atoms with E-state index in [4.69, 9.17) is 10.00 Å². The Morgan fingerprint density at radius 3 is 2.74 bits per heavy atom. The van der Waals surface area contributed by atoms with Crippen molar-refractivity contribution < 1.29 is 9.53 Å². The fraction of sp³-hybridized carbons (Fsp3) is 0.444. The van der Waals surface area contributed by atoms with Crippen molar-refractivity contribution in [3.63, 3.8) is 0 Å². The maximum absolute atomic E-state index is 12.1. The number of H-pyrrole nitrogens is 1. The smallest absolute Gasteiger partial charge is 0.245 e. The first kappa shape index (κ1) is 15.6. The van der Waals surface area contributed by atoms with Gasteiger partial charge in [0.1, 0.15) is 0 Å². The minimum absolute atomic E-state index is 0.180. The molecule has 120 valence electrons. The Labute approximate surface area is 135 Å². The summed E-state index contributed by atoms with van der Waals surface area (Å²) in [5, 5.41) is 13.1. The minimum Gasteiger partial charge on any atom is -0.377 e. The number of amides is 1. The second-order valence-electron chi connectivity index (χ2n) is 6.61. The number of fused-ring (bicyclic) bond motifs is 1. The number of aromatic nitrogens is 1. The van der Waals surface area contributed by atoms with Crippen molar-refractivity contribution in [3.8, 4) is 6.07 Å². The Balaban J connectivity index is 1.76. The van der Waals surface area contributed by atoms with Crippen molar-refractivity contribution >= 4 is 16.8 Å². The largest absolute Gasteiger partial charge is 0.377 e. The van der Waals surface area contributed by atoms with Gasteiger partial charge in [0.05, 0.1) is 25.8 Å². The molecule has 1 saturated heterocycles. The highest BCUT2D eigenvalue weighted by Gasteiger charge is 2.46. The Morgan fingerprint density at radius 1 is 1.43 bits per heavy atom. The third kappa shape index (κ3) is 2.71. The quantitative estimate of drug-likeness (QED) is 0.911. The first-order chi connectivity index (χ1) is 10.9. The second-order valence-corrected chi connectivity index (χ2v) is 6.61. The van der Waals surface area contributed by atoms with Gasteiger partial charge in [0, 0.05) is 11.2 Å². The number of benzene rings is 1. The molecule has 2 N–H and O–H groups in total. The monoisotopic (exact) mass is 311 g/mol. The topological polar surface area (TPSA) is 77.9 Å². The molecule has 2 heterocycles. The molecule has 23 heavy (non-hydrogen) atoms. The molecule has 0 saturated carbocycles. The van der Waals surface area contributed by atoms with Gasteiger partial charge in [0.15, 0.2) is 5.41 Å². The molecule has 0 radical (unpaired) electrons. The molecule has 5 heteroatoms. The predicted molar refractivity (Wildman–Crippen MR) is 87.8 cm³/mol. The van der Waals surface area contributed by atoms with Crippen LogP contribution in [0.5, 0.6) is 0 Å². The average molecular weight is 311 g/mol. The summed E-state index contributed by atoms with van der Waals surface area (Å²) in [7, 11) is 0. The van der Waals surface area contributed by atoms with Gasteiger partial charge in [-0.2, -0.15) is 5.26 Å². The van der Waals surface area contributed by atoms with Crippen molar-refractivity contribution in [3.05, 3.63) is 35.0 Å². The maximum atomic E-state index is 12.1. The zero-order valence-corrected chi connectivity index (χ0v) is 13.7. The molecule has 1 aliphatic heterocycles. The van der Waals surface area contributed by atoms with Crippen LogP contribution in [0.1, 0.15) is 36.6 Å². The van der Waals surface area contributed by atoms with E-state index in [1.165, 1.54) is 11.1 Å². The fourth-order valence-corrected chi connectivity index (χ4v) is 2.99. The van der Waals surface area contributed by atoms with Gasteiger partial charge in [-0.3, -0.25) is 4.79 Å². The highest BCUT2D eigenvalue weighted by atomic mass is 16.5. The summed E-state index contributed by atoms with van der Waals surface area (Å²) in [5.74, 6) is 0.212. The van der Waals surface area contributed by atoms with Gasteiger partial charge in [-0.05, 0) is 47.6 Å². The lowest BCUT2D eigenvalue weighted by Gasteiger charge is -2.33. The van der Waals surface area contributed by atoms with Crippen LogP contribution in [-0.4, -0.2) is 24.1 Å². The third-order valence-electron chi connectivity index (χ3n) is 4.47. The molecule has 0 bridgehead atoms. The number of carbonyl (C=O) groups is 1. The lowest BCUT2D eigenvalue weighted by Crippen LogP contribution is -2.52. The summed E-state index contributed by atoms with van der Waals surface area (Å²) in [6.07, 6.45) is 0. The Bertz CT molecular complexity index is 794. The highest BCUT2D eigenvalue weighted by molar-refractivity contribution is 5.87. The van der Waals surface area contributed by atoms with Crippen molar-refractivity contribution in [2.45, 2.75) is 33.2 Å². The van der Waals surface area contributed by atoms with Gasteiger partial charge in [0.25, 0.3) is 0 Å². The summed E-state index contributed by atoms with van der Waals surface area (Å²) in [6, 6.07) is 8.45. The number of aromatic amines is 1. The summed E-state index contributed by atoms with van der Waals surface area (Å²) in [4.78, 5) is 15.5. The van der Waals surface area contributed by atoms with Crippen LogP contribution < -0.4 is 5.32 Å². The standard InChI is InChI=1S/C18H21N3O2/c1-11(2)15-6-16-13(4-12(15)3)5-14(21-16)7-20-17(22)18(8-19)9-23-10-18/h4-6,11,21H,7,9-10H2,1-3H3,(H,20,22). The van der Waals surface area contributed by atoms with Gasteiger partial charge in [-0.1, -0.05) is 13.8 Å². The molecule has 3 rings (SSSR count). The molecule has 0 unspecified atom stereocenters. The van der Waals surface area contributed by atoms with Crippen LogP contribution >= 0.6 is 0 Å². The van der Waals surface area contributed by atoms with Crippen LogP contribution in [-0.2, 0) is 16.1 Å². The molecule has 1 aliphatic rings. The number of ether oxygens (including phenoxy) is 1. The zero-order chi connectivity index (χ0) is 16.6. The van der Waals surface area contributed by atoms with E-state index in [-0.39, 0.29) is 19.1 Å². The number of nitriles is 1. The number of aryl methyl sites for hydroxylation is 1. The Kier molecular flexibility index (Phi) is 3.87. The van der Waals surface area contributed by atoms with E-state index >= 15 is 0 Å². The van der Waals surface area contributed by atoms with Gasteiger partial charge in [0.2, 0.25) is 5.91 Å². The molecule has 0 spiro atoms. The van der Waals surface area contributed by atoms with E-state index in [2.05, 4.69) is 49.3 Å². The number of carbonyl (C=O) groups excluding carboxylic acids is 1. The molecule has 1 aromatic carbocycles. The van der Waals surface area contributed by atoms with Crippen LogP contribution in [0, 0.1) is 23.7 Å². The second kappa shape index (κ2) is 5.71. The Morgan fingerprint density at radius 2 is 2.17 bits per heavy atom. The van der Waals surface area contributed by atoms with Gasteiger partial charge >= 0.3 is 0 Å². The number of hydrogen-bond acceptors (Lipinski definition) is 3. The third-order valence-corrected chi connectivity index (χ3v) is 4.47. The SMILES string of the molecule is Cc1cc2cc(CNC(=O)C3(C#N)COC3)[nH]c2cc1C(C)C. The highest BCUT2D eigenvalue weighted by Crippen LogP contribution is 2.28. The molecular formula is C18H21N3O2. The molecule has 5 nitrogen and oxygen atoms in total. The maximum Gasteiger partial charge on any atom is 0.245 e. The van der Waals surface area contributed by atoms with E-state index in [1.807, 2.05) is 6.07 Å². The van der Waals surface area contributed by atoms with Crippen LogP contribution in [0.25, 0.3) is 10.9 Å². The van der Waals surface area contributed by atoms with E-state index in [1.54, 1.807) is 0 Å². The molecule has 0 atom stereocenters. The van der Waals surface area contributed by atoms with Crippen LogP contribution in [0.2, 0.25) is 0 Å².